The summed E-state index contributed by atoms with van der Waals surface area (Å²) in [5, 5.41) is 0. The van der Waals surface area contributed by atoms with Gasteiger partial charge < -0.3 is 10.2 Å². The average Bonchev–Trinajstić information content (AvgIpc) is 2.62. The zero-order valence-electron chi connectivity index (χ0n) is 7.65. The smallest absolute Gasteiger partial charge is 0.180 e. The highest BCUT2D eigenvalue weighted by Crippen LogP contribution is 2.11. The molecule has 1 aliphatic rings. The highest BCUT2D eigenvalue weighted by Gasteiger charge is 2.16. The van der Waals surface area contributed by atoms with Crippen molar-refractivity contribution in [1.29, 1.82) is 0 Å². The number of nitrogens with two attached hydrogens (primary N) is 1. The van der Waals surface area contributed by atoms with Crippen LogP contribution in [-0.4, -0.2) is 29.0 Å². The number of hydrogen-bond acceptors (Lipinski definition) is 4. The second-order valence-corrected chi connectivity index (χ2v) is 3.59. The summed E-state index contributed by atoms with van der Waals surface area (Å²) in [5.41, 5.74) is 6.82. The fourth-order valence-electron chi connectivity index (χ4n) is 1.66. The largest absolute Gasteiger partial charge is 0.451 e. The van der Waals surface area contributed by atoms with E-state index in [1.54, 1.807) is 6.26 Å². The third-order valence-corrected chi connectivity index (χ3v) is 2.50. The van der Waals surface area contributed by atoms with Gasteiger partial charge in [0.15, 0.2) is 6.39 Å². The fraction of sp³-hybridized carbons (Fsp3) is 0.667. The molecule has 0 aromatic carbocycles. The van der Waals surface area contributed by atoms with Crippen molar-refractivity contribution >= 4 is 0 Å². The molecule has 2 rings (SSSR count). The van der Waals surface area contributed by atoms with Crippen molar-refractivity contribution in [1.82, 2.24) is 9.88 Å². The molecule has 0 aliphatic carbocycles. The van der Waals surface area contributed by atoms with Gasteiger partial charge in [-0.25, -0.2) is 4.98 Å². The van der Waals surface area contributed by atoms with Crippen LogP contribution >= 0.6 is 0 Å². The first-order valence-electron chi connectivity index (χ1n) is 4.69. The first kappa shape index (κ1) is 8.72. The Morgan fingerprint density at radius 2 is 2.31 bits per heavy atom. The summed E-state index contributed by atoms with van der Waals surface area (Å²) in [6.07, 6.45) is 5.37. The summed E-state index contributed by atoms with van der Waals surface area (Å²) in [5.74, 6) is 0. The Bertz CT molecular complexity index is 239. The minimum Gasteiger partial charge on any atom is -0.451 e. The molecule has 1 saturated heterocycles. The van der Waals surface area contributed by atoms with Gasteiger partial charge in [0.05, 0.1) is 5.69 Å². The second kappa shape index (κ2) is 3.89. The van der Waals surface area contributed by atoms with Gasteiger partial charge >= 0.3 is 0 Å². The van der Waals surface area contributed by atoms with Crippen molar-refractivity contribution in [3.05, 3.63) is 18.4 Å². The van der Waals surface area contributed by atoms with Gasteiger partial charge in [0.1, 0.15) is 6.26 Å². The number of aromatic nitrogens is 1. The van der Waals surface area contributed by atoms with Gasteiger partial charge in [0.2, 0.25) is 0 Å². The van der Waals surface area contributed by atoms with Crippen LogP contribution in [0.4, 0.5) is 0 Å². The molecule has 2 heterocycles. The van der Waals surface area contributed by atoms with Crippen LogP contribution in [0.15, 0.2) is 17.1 Å². The monoisotopic (exact) mass is 181 g/mol. The van der Waals surface area contributed by atoms with E-state index in [4.69, 9.17) is 10.2 Å². The Labute approximate surface area is 77.7 Å². The molecule has 1 fully saturated rings. The second-order valence-electron chi connectivity index (χ2n) is 3.59. The number of hydrogen-bond donors (Lipinski definition) is 1. The number of nitrogens with zero attached hydrogens (tertiary/aromatic N) is 2. The summed E-state index contributed by atoms with van der Waals surface area (Å²) in [7, 11) is 0. The Morgan fingerprint density at radius 3 is 2.92 bits per heavy atom. The van der Waals surface area contributed by atoms with Crippen molar-refractivity contribution in [2.24, 2.45) is 5.73 Å². The molecule has 2 N–H and O–H groups in total. The lowest BCUT2D eigenvalue weighted by atomic mass is 10.1. The van der Waals surface area contributed by atoms with Crippen molar-refractivity contribution < 1.29 is 4.42 Å². The van der Waals surface area contributed by atoms with Gasteiger partial charge in [-0.2, -0.15) is 0 Å². The van der Waals surface area contributed by atoms with Crippen LogP contribution in [0.25, 0.3) is 0 Å². The third-order valence-electron chi connectivity index (χ3n) is 2.50. The standard InChI is InChI=1S/C9H15N3O/c10-8-1-3-12(4-2-8)5-9-6-13-7-11-9/h6-8H,1-5,10H2. The lowest BCUT2D eigenvalue weighted by Crippen LogP contribution is -2.39. The van der Waals surface area contributed by atoms with E-state index in [-0.39, 0.29) is 0 Å². The number of oxazole rings is 1. The summed E-state index contributed by atoms with van der Waals surface area (Å²) in [6, 6.07) is 0.397. The van der Waals surface area contributed by atoms with E-state index < -0.39 is 0 Å². The zero-order valence-corrected chi connectivity index (χ0v) is 7.65. The highest BCUT2D eigenvalue weighted by molar-refractivity contribution is 4.91. The van der Waals surface area contributed by atoms with Crippen LogP contribution in [0, 0.1) is 0 Å². The van der Waals surface area contributed by atoms with Crippen LogP contribution < -0.4 is 5.73 Å². The minimum atomic E-state index is 0.397. The van der Waals surface area contributed by atoms with Gasteiger partial charge in [-0.15, -0.1) is 0 Å². The summed E-state index contributed by atoms with van der Waals surface area (Å²) in [4.78, 5) is 6.45. The van der Waals surface area contributed by atoms with Crippen LogP contribution in [0.5, 0.6) is 0 Å². The van der Waals surface area contributed by atoms with Gasteiger partial charge in [-0.3, -0.25) is 4.90 Å². The summed E-state index contributed by atoms with van der Waals surface area (Å²) < 4.78 is 4.91. The highest BCUT2D eigenvalue weighted by atomic mass is 16.3. The molecule has 1 aliphatic heterocycles. The van der Waals surface area contributed by atoms with Gasteiger partial charge in [0, 0.05) is 25.7 Å². The molecular weight excluding hydrogens is 166 g/mol. The lowest BCUT2D eigenvalue weighted by Gasteiger charge is -2.29. The molecule has 13 heavy (non-hydrogen) atoms. The predicted octanol–water partition coefficient (Wildman–Crippen LogP) is 0.598. The minimum absolute atomic E-state index is 0.397. The Hall–Kier alpha value is -0.870. The Balaban J connectivity index is 1.83. The van der Waals surface area contributed by atoms with Crippen molar-refractivity contribution in [2.45, 2.75) is 25.4 Å². The van der Waals surface area contributed by atoms with E-state index in [1.807, 2.05) is 0 Å². The number of piperidine rings is 1. The summed E-state index contributed by atoms with van der Waals surface area (Å²) >= 11 is 0. The van der Waals surface area contributed by atoms with Gasteiger partial charge in [0.25, 0.3) is 0 Å². The molecule has 0 unspecified atom stereocenters. The van der Waals surface area contributed by atoms with E-state index in [0.717, 1.165) is 38.2 Å². The van der Waals surface area contributed by atoms with Crippen molar-refractivity contribution in [3.8, 4) is 0 Å². The van der Waals surface area contributed by atoms with Crippen molar-refractivity contribution in [2.75, 3.05) is 13.1 Å². The molecule has 0 bridgehead atoms. The summed E-state index contributed by atoms with van der Waals surface area (Å²) in [6.45, 7) is 3.05. The molecule has 72 valence electrons. The topological polar surface area (TPSA) is 55.3 Å². The molecular formula is C9H15N3O. The van der Waals surface area contributed by atoms with E-state index in [1.165, 1.54) is 6.39 Å². The quantitative estimate of drug-likeness (QED) is 0.725. The Morgan fingerprint density at radius 1 is 1.54 bits per heavy atom. The molecule has 0 spiro atoms. The lowest BCUT2D eigenvalue weighted by molar-refractivity contribution is 0.203. The van der Waals surface area contributed by atoms with E-state index >= 15 is 0 Å². The third kappa shape index (κ3) is 2.29. The van der Waals surface area contributed by atoms with Crippen LogP contribution in [0.2, 0.25) is 0 Å². The predicted molar refractivity (Wildman–Crippen MR) is 49.0 cm³/mol. The molecule has 0 radical (unpaired) electrons. The maximum absolute atomic E-state index is 5.81. The zero-order chi connectivity index (χ0) is 9.10. The van der Waals surface area contributed by atoms with E-state index in [9.17, 15) is 0 Å². The molecule has 0 amide bonds. The fourth-order valence-corrected chi connectivity index (χ4v) is 1.66. The van der Waals surface area contributed by atoms with Gasteiger partial charge in [-0.1, -0.05) is 0 Å². The van der Waals surface area contributed by atoms with Crippen molar-refractivity contribution in [3.63, 3.8) is 0 Å². The number of rotatable bonds is 2. The van der Waals surface area contributed by atoms with E-state index in [0.29, 0.717) is 6.04 Å². The van der Waals surface area contributed by atoms with Crippen LogP contribution in [-0.2, 0) is 6.54 Å². The number of likely N-dealkylation sites (tertiary alicyclic amines) is 1. The average molecular weight is 181 g/mol. The molecule has 1 aromatic heterocycles. The maximum atomic E-state index is 5.81. The molecule has 0 atom stereocenters. The normalized spacial score (nSPS) is 20.7. The van der Waals surface area contributed by atoms with Crippen LogP contribution in [0.3, 0.4) is 0 Å². The molecule has 1 aromatic rings. The molecule has 0 saturated carbocycles. The van der Waals surface area contributed by atoms with Gasteiger partial charge in [-0.05, 0) is 12.8 Å². The first-order valence-corrected chi connectivity index (χ1v) is 4.69. The van der Waals surface area contributed by atoms with Crippen LogP contribution in [0.1, 0.15) is 18.5 Å². The molecule has 4 heteroatoms. The SMILES string of the molecule is NC1CCN(Cc2cocn2)CC1. The molecule has 4 nitrogen and oxygen atoms in total. The van der Waals surface area contributed by atoms with E-state index in [2.05, 4.69) is 9.88 Å². The Kier molecular flexibility index (Phi) is 2.61. The maximum Gasteiger partial charge on any atom is 0.180 e. The first-order chi connectivity index (χ1) is 6.34.